The summed E-state index contributed by atoms with van der Waals surface area (Å²) in [5, 5.41) is 7.85. The van der Waals surface area contributed by atoms with E-state index in [0.717, 1.165) is 17.0 Å². The maximum absolute atomic E-state index is 11.9. The predicted molar refractivity (Wildman–Crippen MR) is 103 cm³/mol. The van der Waals surface area contributed by atoms with Gasteiger partial charge in [0.15, 0.2) is 5.13 Å². The van der Waals surface area contributed by atoms with Crippen LogP contribution in [0.3, 0.4) is 0 Å². The van der Waals surface area contributed by atoms with Crippen LogP contribution in [0.5, 0.6) is 5.75 Å². The number of carbonyl (C=O) groups is 2. The summed E-state index contributed by atoms with van der Waals surface area (Å²) in [4.78, 5) is 27.1. The Balaban J connectivity index is 1.96. The van der Waals surface area contributed by atoms with Crippen molar-refractivity contribution in [1.82, 2.24) is 10.3 Å². The lowest BCUT2D eigenvalue weighted by atomic mass is 9.82. The van der Waals surface area contributed by atoms with Gasteiger partial charge in [0.25, 0.3) is 0 Å². The number of nitrogens with two attached hydrogens (primary N) is 1. The van der Waals surface area contributed by atoms with Crippen LogP contribution in [-0.4, -0.2) is 30.6 Å². The van der Waals surface area contributed by atoms with Crippen molar-refractivity contribution in [3.63, 3.8) is 0 Å². The number of ether oxygens (including phenoxy) is 1. The molecule has 0 aliphatic heterocycles. The van der Waals surface area contributed by atoms with Crippen LogP contribution < -0.4 is 21.1 Å². The van der Waals surface area contributed by atoms with Gasteiger partial charge < -0.3 is 15.8 Å². The molecule has 0 spiro atoms. The van der Waals surface area contributed by atoms with Crippen molar-refractivity contribution >= 4 is 28.4 Å². The minimum Gasteiger partial charge on any atom is -0.497 e. The first-order valence-corrected chi connectivity index (χ1v) is 9.14. The molecule has 0 fully saturated rings. The Labute approximate surface area is 157 Å². The molecular weight excluding hydrogens is 352 g/mol. The summed E-state index contributed by atoms with van der Waals surface area (Å²) in [6, 6.07) is 7.51. The number of thiazole rings is 1. The summed E-state index contributed by atoms with van der Waals surface area (Å²) >= 11 is 1.37. The number of nitrogens with zero attached hydrogens (tertiary/aromatic N) is 1. The summed E-state index contributed by atoms with van der Waals surface area (Å²) in [6.07, 6.45) is 0.758. The molecule has 0 radical (unpaired) electrons. The Morgan fingerprint density at radius 3 is 2.58 bits per heavy atom. The monoisotopic (exact) mass is 376 g/mol. The Morgan fingerprint density at radius 2 is 1.96 bits per heavy atom. The average molecular weight is 376 g/mol. The molecular formula is C18H24N4O3S. The highest BCUT2D eigenvalue weighted by atomic mass is 32.1. The highest BCUT2D eigenvalue weighted by Gasteiger charge is 2.26. The van der Waals surface area contributed by atoms with Crippen LogP contribution in [0.4, 0.5) is 9.93 Å². The zero-order chi connectivity index (χ0) is 19.2. The third-order valence-corrected chi connectivity index (χ3v) is 4.82. The number of carbonyl (C=O) groups excluding carboxylic acids is 2. The zero-order valence-corrected chi connectivity index (χ0v) is 16.0. The number of primary amides is 1. The van der Waals surface area contributed by atoms with E-state index in [4.69, 9.17) is 10.5 Å². The number of hydrogen-bond acceptors (Lipinski definition) is 5. The Hall–Kier alpha value is -2.61. The molecule has 4 N–H and O–H groups in total. The number of anilines is 1. The number of urea groups is 1. The number of aromatic nitrogens is 1. The second-order valence-electron chi connectivity index (χ2n) is 6.34. The molecule has 2 rings (SSSR count). The number of hydrogen-bond donors (Lipinski definition) is 3. The largest absolute Gasteiger partial charge is 0.497 e. The number of rotatable bonds is 8. The lowest BCUT2D eigenvalue weighted by Crippen LogP contribution is -2.30. The smallest absolute Gasteiger partial charge is 0.321 e. The normalized spacial score (nSPS) is 11.0. The minimum atomic E-state index is -0.377. The van der Waals surface area contributed by atoms with Crippen LogP contribution >= 0.6 is 11.3 Å². The molecule has 7 nitrogen and oxygen atoms in total. The Bertz CT molecular complexity index is 756. The maximum Gasteiger partial charge on any atom is 0.321 e. The molecule has 0 aliphatic rings. The van der Waals surface area contributed by atoms with Crippen LogP contribution in [0.25, 0.3) is 0 Å². The molecule has 26 heavy (non-hydrogen) atoms. The summed E-state index contributed by atoms with van der Waals surface area (Å²) in [5.41, 5.74) is 6.73. The first-order chi connectivity index (χ1) is 12.3. The van der Waals surface area contributed by atoms with E-state index in [9.17, 15) is 9.59 Å². The standard InChI is InChI=1S/C18H24N4O3S/c1-18(2,12-6-8-13(25-3)9-7-12)14-11-26-17(21-14)22-16(24)20-10-4-5-15(19)23/h6-9,11H,4-5,10H2,1-3H3,(H2,19,23)(H2,20,21,22,24). The summed E-state index contributed by atoms with van der Waals surface area (Å²) in [6.45, 7) is 4.54. The second kappa shape index (κ2) is 8.66. The van der Waals surface area contributed by atoms with Gasteiger partial charge in [0, 0.05) is 23.8 Å². The van der Waals surface area contributed by atoms with Crippen molar-refractivity contribution in [2.45, 2.75) is 32.1 Å². The van der Waals surface area contributed by atoms with Crippen LogP contribution in [0.15, 0.2) is 29.6 Å². The second-order valence-corrected chi connectivity index (χ2v) is 7.20. The van der Waals surface area contributed by atoms with Crippen LogP contribution in [0, 0.1) is 0 Å². The Kier molecular flexibility index (Phi) is 6.57. The van der Waals surface area contributed by atoms with E-state index in [1.54, 1.807) is 7.11 Å². The van der Waals surface area contributed by atoms with Crippen molar-refractivity contribution in [2.24, 2.45) is 5.73 Å². The van der Waals surface area contributed by atoms with Crippen molar-refractivity contribution in [1.29, 1.82) is 0 Å². The molecule has 1 aromatic heterocycles. The van der Waals surface area contributed by atoms with Gasteiger partial charge in [0.1, 0.15) is 5.75 Å². The van der Waals surface area contributed by atoms with Gasteiger partial charge in [-0.15, -0.1) is 11.3 Å². The van der Waals surface area contributed by atoms with Crippen molar-refractivity contribution in [3.8, 4) is 5.75 Å². The molecule has 140 valence electrons. The van der Waals surface area contributed by atoms with E-state index in [-0.39, 0.29) is 23.8 Å². The molecule has 0 bridgehead atoms. The summed E-state index contributed by atoms with van der Waals surface area (Å²) in [7, 11) is 1.64. The number of methoxy groups -OCH3 is 1. The highest BCUT2D eigenvalue weighted by molar-refractivity contribution is 7.13. The van der Waals surface area contributed by atoms with Crippen molar-refractivity contribution in [2.75, 3.05) is 19.0 Å². The van der Waals surface area contributed by atoms with Crippen molar-refractivity contribution in [3.05, 3.63) is 40.9 Å². The van der Waals surface area contributed by atoms with Gasteiger partial charge in [-0.2, -0.15) is 0 Å². The van der Waals surface area contributed by atoms with Crippen molar-refractivity contribution < 1.29 is 14.3 Å². The van der Waals surface area contributed by atoms with Gasteiger partial charge in [0.05, 0.1) is 12.8 Å². The van der Waals surface area contributed by atoms with Gasteiger partial charge in [-0.05, 0) is 24.1 Å². The number of benzene rings is 1. The van der Waals surface area contributed by atoms with Gasteiger partial charge >= 0.3 is 6.03 Å². The Morgan fingerprint density at radius 1 is 1.27 bits per heavy atom. The van der Waals surface area contributed by atoms with E-state index < -0.39 is 0 Å². The van der Waals surface area contributed by atoms with Crippen LogP contribution in [0.1, 0.15) is 37.9 Å². The summed E-state index contributed by atoms with van der Waals surface area (Å²) < 4.78 is 5.20. The molecule has 0 aliphatic carbocycles. The predicted octanol–water partition coefficient (Wildman–Crippen LogP) is 2.86. The van der Waals surface area contributed by atoms with E-state index in [1.807, 2.05) is 29.6 Å². The molecule has 1 heterocycles. The topological polar surface area (TPSA) is 106 Å². The lowest BCUT2D eigenvalue weighted by molar-refractivity contribution is -0.118. The molecule has 0 saturated heterocycles. The zero-order valence-electron chi connectivity index (χ0n) is 15.2. The van der Waals surface area contributed by atoms with E-state index in [0.29, 0.717) is 18.1 Å². The quantitative estimate of drug-likeness (QED) is 0.616. The number of amides is 3. The molecule has 8 heteroatoms. The first kappa shape index (κ1) is 19.7. The van der Waals surface area contributed by atoms with Gasteiger partial charge in [-0.1, -0.05) is 26.0 Å². The molecule has 0 atom stereocenters. The van der Waals surface area contributed by atoms with E-state index >= 15 is 0 Å². The maximum atomic E-state index is 11.9. The van der Waals surface area contributed by atoms with Gasteiger partial charge in [0.2, 0.25) is 5.91 Å². The fourth-order valence-corrected chi connectivity index (χ4v) is 3.25. The molecule has 2 aromatic rings. The van der Waals surface area contributed by atoms with E-state index in [2.05, 4.69) is 29.5 Å². The summed E-state index contributed by atoms with van der Waals surface area (Å²) in [5.74, 6) is 0.427. The third-order valence-electron chi connectivity index (χ3n) is 4.06. The van der Waals surface area contributed by atoms with Gasteiger partial charge in [-0.3, -0.25) is 10.1 Å². The minimum absolute atomic E-state index is 0.248. The van der Waals surface area contributed by atoms with Crippen LogP contribution in [-0.2, 0) is 10.2 Å². The highest BCUT2D eigenvalue weighted by Crippen LogP contribution is 2.34. The molecule has 1 aromatic carbocycles. The average Bonchev–Trinajstić information content (AvgIpc) is 3.08. The fourth-order valence-electron chi connectivity index (χ4n) is 2.38. The number of nitrogens with one attached hydrogen (secondary N) is 2. The SMILES string of the molecule is COc1ccc(C(C)(C)c2csc(NC(=O)NCCCC(N)=O)n2)cc1. The fraction of sp³-hybridized carbons (Fsp3) is 0.389. The first-order valence-electron chi connectivity index (χ1n) is 8.26. The lowest BCUT2D eigenvalue weighted by Gasteiger charge is -2.23. The van der Waals surface area contributed by atoms with E-state index in [1.165, 1.54) is 11.3 Å². The van der Waals surface area contributed by atoms with Crippen LogP contribution in [0.2, 0.25) is 0 Å². The third kappa shape index (κ3) is 5.19. The molecule has 3 amide bonds. The van der Waals surface area contributed by atoms with Gasteiger partial charge in [-0.25, -0.2) is 9.78 Å². The molecule has 0 unspecified atom stereocenters. The molecule has 0 saturated carbocycles.